The molecule has 1 aromatic heterocycles. The van der Waals surface area contributed by atoms with Crippen LogP contribution in [-0.2, 0) is 4.79 Å². The average molecular weight is 193 g/mol. The summed E-state index contributed by atoms with van der Waals surface area (Å²) in [7, 11) is 1.51. The first-order chi connectivity index (χ1) is 6.56. The topological polar surface area (TPSA) is 59.4 Å². The van der Waals surface area contributed by atoms with E-state index >= 15 is 0 Å². The molecule has 0 radical (unpaired) electrons. The van der Waals surface area contributed by atoms with Crippen molar-refractivity contribution in [3.8, 4) is 5.88 Å². The third-order valence-electron chi connectivity index (χ3n) is 1.83. The molecule has 0 spiro atoms. The fraction of sp³-hybridized carbons (Fsp3) is 0.200. The van der Waals surface area contributed by atoms with Crippen molar-refractivity contribution in [1.82, 2.24) is 4.98 Å². The van der Waals surface area contributed by atoms with Gasteiger partial charge >= 0.3 is 5.97 Å². The highest BCUT2D eigenvalue weighted by atomic mass is 16.5. The Kier molecular flexibility index (Phi) is 2.86. The van der Waals surface area contributed by atoms with E-state index in [4.69, 9.17) is 9.84 Å². The Labute approximate surface area is 81.9 Å². The van der Waals surface area contributed by atoms with E-state index in [9.17, 15) is 4.79 Å². The van der Waals surface area contributed by atoms with Gasteiger partial charge in [0.2, 0.25) is 5.88 Å². The number of aryl methyl sites for hydroxylation is 1. The molecule has 0 bridgehead atoms. The van der Waals surface area contributed by atoms with Crippen LogP contribution in [0.1, 0.15) is 11.1 Å². The van der Waals surface area contributed by atoms with Gasteiger partial charge in [-0.15, -0.1) is 0 Å². The molecule has 0 saturated carbocycles. The maximum Gasteiger partial charge on any atom is 0.335 e. The quantitative estimate of drug-likeness (QED) is 0.739. The monoisotopic (exact) mass is 193 g/mol. The first-order valence-electron chi connectivity index (χ1n) is 3.99. The highest BCUT2D eigenvalue weighted by Crippen LogP contribution is 2.19. The van der Waals surface area contributed by atoms with Gasteiger partial charge in [0.25, 0.3) is 0 Å². The third-order valence-corrected chi connectivity index (χ3v) is 1.83. The smallest absolute Gasteiger partial charge is 0.335 e. The number of carboxylic acid groups (broad SMARTS) is 1. The van der Waals surface area contributed by atoms with Crippen LogP contribution in [0.5, 0.6) is 5.88 Å². The van der Waals surface area contributed by atoms with Gasteiger partial charge in [-0.05, 0) is 13.0 Å². The van der Waals surface area contributed by atoms with Gasteiger partial charge in [-0.1, -0.05) is 6.58 Å². The number of nitrogens with zero attached hydrogens (tertiary/aromatic N) is 1. The molecule has 1 aromatic rings. The summed E-state index contributed by atoms with van der Waals surface area (Å²) >= 11 is 0. The molecule has 0 fully saturated rings. The van der Waals surface area contributed by atoms with E-state index in [-0.39, 0.29) is 5.57 Å². The van der Waals surface area contributed by atoms with E-state index in [2.05, 4.69) is 11.6 Å². The number of carbonyl (C=O) groups is 1. The molecule has 0 aliphatic rings. The van der Waals surface area contributed by atoms with Gasteiger partial charge in [0.05, 0.1) is 12.7 Å². The fourth-order valence-corrected chi connectivity index (χ4v) is 1.06. The van der Waals surface area contributed by atoms with Crippen LogP contribution in [-0.4, -0.2) is 23.2 Å². The summed E-state index contributed by atoms with van der Waals surface area (Å²) in [5.41, 5.74) is 1.31. The summed E-state index contributed by atoms with van der Waals surface area (Å²) < 4.78 is 4.95. The van der Waals surface area contributed by atoms with Crippen molar-refractivity contribution >= 4 is 11.5 Å². The van der Waals surface area contributed by atoms with Crippen molar-refractivity contribution in [3.63, 3.8) is 0 Å². The van der Waals surface area contributed by atoms with Crippen LogP contribution >= 0.6 is 0 Å². The first-order valence-corrected chi connectivity index (χ1v) is 3.99. The maximum absolute atomic E-state index is 10.6. The Balaban J connectivity index is 3.09. The fourth-order valence-electron chi connectivity index (χ4n) is 1.06. The van der Waals surface area contributed by atoms with Gasteiger partial charge < -0.3 is 9.84 Å². The number of aliphatic carboxylic acids is 1. The number of methoxy groups -OCH3 is 1. The SMILES string of the molecule is C=C(C(=O)O)c1cnc(OC)c(C)c1. The molecule has 4 heteroatoms. The van der Waals surface area contributed by atoms with Crippen molar-refractivity contribution in [1.29, 1.82) is 0 Å². The lowest BCUT2D eigenvalue weighted by molar-refractivity contribution is -0.130. The van der Waals surface area contributed by atoms with Gasteiger partial charge in [0.15, 0.2) is 0 Å². The number of rotatable bonds is 3. The number of aromatic nitrogens is 1. The number of carboxylic acids is 1. The predicted octanol–water partition coefficient (Wildman–Crippen LogP) is 1.50. The van der Waals surface area contributed by atoms with Gasteiger partial charge in [-0.3, -0.25) is 0 Å². The molecule has 1 N–H and O–H groups in total. The number of hydrogen-bond donors (Lipinski definition) is 1. The zero-order valence-electron chi connectivity index (χ0n) is 8.07. The molecule has 0 amide bonds. The molecule has 0 saturated heterocycles. The van der Waals surface area contributed by atoms with Crippen LogP contribution in [0.25, 0.3) is 5.57 Å². The Morgan fingerprint density at radius 1 is 1.64 bits per heavy atom. The lowest BCUT2D eigenvalue weighted by atomic mass is 10.1. The first kappa shape index (κ1) is 10.2. The summed E-state index contributed by atoms with van der Waals surface area (Å²) in [6.07, 6.45) is 1.43. The van der Waals surface area contributed by atoms with Crippen LogP contribution < -0.4 is 4.74 Å². The predicted molar refractivity (Wildman–Crippen MR) is 52.2 cm³/mol. The molecular weight excluding hydrogens is 182 g/mol. The zero-order chi connectivity index (χ0) is 10.7. The third kappa shape index (κ3) is 1.90. The molecular formula is C10H11NO3. The Morgan fingerprint density at radius 2 is 2.29 bits per heavy atom. The van der Waals surface area contributed by atoms with Gasteiger partial charge in [0.1, 0.15) is 0 Å². The van der Waals surface area contributed by atoms with E-state index in [1.54, 1.807) is 13.0 Å². The second-order valence-corrected chi connectivity index (χ2v) is 2.83. The summed E-state index contributed by atoms with van der Waals surface area (Å²) in [5.74, 6) is -0.552. The largest absolute Gasteiger partial charge is 0.481 e. The van der Waals surface area contributed by atoms with Crippen LogP contribution in [0.15, 0.2) is 18.8 Å². The van der Waals surface area contributed by atoms with Crippen molar-refractivity contribution in [2.24, 2.45) is 0 Å². The van der Waals surface area contributed by atoms with Gasteiger partial charge in [-0.25, -0.2) is 9.78 Å². The lowest BCUT2D eigenvalue weighted by Crippen LogP contribution is -2.00. The highest BCUT2D eigenvalue weighted by Gasteiger charge is 2.09. The number of ether oxygens (including phenoxy) is 1. The van der Waals surface area contributed by atoms with Crippen molar-refractivity contribution in [2.75, 3.05) is 7.11 Å². The minimum absolute atomic E-state index is 0.0308. The molecule has 0 aliphatic carbocycles. The summed E-state index contributed by atoms with van der Waals surface area (Å²) in [6.45, 7) is 5.24. The second-order valence-electron chi connectivity index (χ2n) is 2.83. The van der Waals surface area contributed by atoms with E-state index < -0.39 is 5.97 Å². The van der Waals surface area contributed by atoms with Crippen molar-refractivity contribution < 1.29 is 14.6 Å². The van der Waals surface area contributed by atoms with Crippen molar-refractivity contribution in [3.05, 3.63) is 30.0 Å². The summed E-state index contributed by atoms with van der Waals surface area (Å²) in [5, 5.41) is 8.69. The molecule has 1 rings (SSSR count). The van der Waals surface area contributed by atoms with E-state index in [0.717, 1.165) is 5.56 Å². The van der Waals surface area contributed by atoms with Gasteiger partial charge in [0, 0.05) is 17.3 Å². The highest BCUT2D eigenvalue weighted by molar-refractivity contribution is 6.14. The number of pyridine rings is 1. The molecule has 4 nitrogen and oxygen atoms in total. The second kappa shape index (κ2) is 3.91. The van der Waals surface area contributed by atoms with E-state index in [1.165, 1.54) is 13.3 Å². The molecule has 0 atom stereocenters. The van der Waals surface area contributed by atoms with Crippen LogP contribution in [0.4, 0.5) is 0 Å². The Morgan fingerprint density at radius 3 is 2.71 bits per heavy atom. The summed E-state index contributed by atoms with van der Waals surface area (Å²) in [6, 6.07) is 1.68. The van der Waals surface area contributed by atoms with Crippen LogP contribution in [0.3, 0.4) is 0 Å². The molecule has 0 aromatic carbocycles. The lowest BCUT2D eigenvalue weighted by Gasteiger charge is -2.05. The Bertz CT molecular complexity index is 385. The zero-order valence-corrected chi connectivity index (χ0v) is 8.07. The van der Waals surface area contributed by atoms with E-state index in [0.29, 0.717) is 11.4 Å². The van der Waals surface area contributed by atoms with Gasteiger partial charge in [-0.2, -0.15) is 0 Å². The van der Waals surface area contributed by atoms with Crippen LogP contribution in [0.2, 0.25) is 0 Å². The molecule has 0 unspecified atom stereocenters. The maximum atomic E-state index is 10.6. The minimum atomic E-state index is -1.05. The van der Waals surface area contributed by atoms with Crippen LogP contribution in [0, 0.1) is 6.92 Å². The minimum Gasteiger partial charge on any atom is -0.481 e. The molecule has 0 aliphatic heterocycles. The normalized spacial score (nSPS) is 9.57. The number of hydrogen-bond acceptors (Lipinski definition) is 3. The molecule has 14 heavy (non-hydrogen) atoms. The average Bonchev–Trinajstić information content (AvgIpc) is 2.16. The standard InChI is InChI=1S/C10H11NO3/c1-6-4-8(7(2)10(12)13)5-11-9(6)14-3/h4-5H,2H2,1,3H3,(H,12,13). The van der Waals surface area contributed by atoms with Crippen molar-refractivity contribution in [2.45, 2.75) is 6.92 Å². The molecule has 74 valence electrons. The molecule has 1 heterocycles. The summed E-state index contributed by atoms with van der Waals surface area (Å²) in [4.78, 5) is 14.6. The Hall–Kier alpha value is -1.84. The van der Waals surface area contributed by atoms with E-state index in [1.807, 2.05) is 0 Å².